The topological polar surface area (TPSA) is 96.4 Å². The monoisotopic (exact) mass is 308 g/mol. The van der Waals surface area contributed by atoms with Crippen LogP contribution >= 0.6 is 0 Å². The van der Waals surface area contributed by atoms with Crippen molar-refractivity contribution in [2.45, 2.75) is 31.7 Å². The molecule has 1 unspecified atom stereocenters. The Morgan fingerprint density at radius 3 is 2.76 bits per heavy atom. The van der Waals surface area contributed by atoms with Gasteiger partial charge in [-0.3, -0.25) is 0 Å². The summed E-state index contributed by atoms with van der Waals surface area (Å²) in [6, 6.07) is 1.24. The second kappa shape index (κ2) is 5.14. The highest BCUT2D eigenvalue weighted by atomic mass is 32.2. The average Bonchev–Trinajstić information content (AvgIpc) is 2.77. The Hall–Kier alpha value is -1.89. The Labute approximate surface area is 122 Å². The van der Waals surface area contributed by atoms with Crippen molar-refractivity contribution in [3.05, 3.63) is 34.4 Å². The van der Waals surface area contributed by atoms with E-state index in [1.54, 1.807) is 6.07 Å². The standard InChI is InChI=1S/C14H16N2O4S/c17-14(18)11-7-9-3-1-2-4-12(9)16-13(11)15-10-5-6-21(19,20)8-10/h5-7,10H,1-4,8H2,(H,15,16)(H,17,18). The average molecular weight is 308 g/mol. The molecule has 0 fully saturated rings. The quantitative estimate of drug-likeness (QED) is 0.875. The van der Waals surface area contributed by atoms with Crippen molar-refractivity contribution in [3.8, 4) is 0 Å². The maximum Gasteiger partial charge on any atom is 0.339 e. The number of aromatic nitrogens is 1. The molecule has 2 heterocycles. The molecule has 6 nitrogen and oxygen atoms in total. The fraction of sp³-hybridized carbons (Fsp3) is 0.429. The number of fused-ring (bicyclic) bond motifs is 1. The van der Waals surface area contributed by atoms with E-state index < -0.39 is 21.8 Å². The van der Waals surface area contributed by atoms with E-state index in [2.05, 4.69) is 10.3 Å². The van der Waals surface area contributed by atoms with E-state index in [4.69, 9.17) is 0 Å². The molecule has 1 atom stereocenters. The van der Waals surface area contributed by atoms with Gasteiger partial charge in [0.05, 0.1) is 11.8 Å². The zero-order valence-electron chi connectivity index (χ0n) is 11.4. The molecule has 1 aliphatic carbocycles. The third-order valence-electron chi connectivity index (χ3n) is 3.78. The fourth-order valence-corrected chi connectivity index (χ4v) is 3.98. The van der Waals surface area contributed by atoms with Crippen LogP contribution in [0.25, 0.3) is 0 Å². The van der Waals surface area contributed by atoms with E-state index in [9.17, 15) is 18.3 Å². The zero-order chi connectivity index (χ0) is 15.0. The van der Waals surface area contributed by atoms with Crippen LogP contribution in [0.5, 0.6) is 0 Å². The summed E-state index contributed by atoms with van der Waals surface area (Å²) in [5.41, 5.74) is 2.01. The zero-order valence-corrected chi connectivity index (χ0v) is 12.2. The number of carboxylic acids is 1. The number of nitrogens with one attached hydrogen (secondary N) is 1. The lowest BCUT2D eigenvalue weighted by molar-refractivity contribution is 0.0697. The maximum atomic E-state index is 11.4. The molecule has 1 aromatic heterocycles. The van der Waals surface area contributed by atoms with Gasteiger partial charge in [0.1, 0.15) is 11.4 Å². The van der Waals surface area contributed by atoms with Crippen molar-refractivity contribution in [2.24, 2.45) is 0 Å². The van der Waals surface area contributed by atoms with E-state index in [1.807, 2.05) is 0 Å². The van der Waals surface area contributed by atoms with Crippen LogP contribution in [0.1, 0.15) is 34.5 Å². The van der Waals surface area contributed by atoms with Crippen molar-refractivity contribution >= 4 is 21.6 Å². The number of carboxylic acid groups (broad SMARTS) is 1. The second-order valence-electron chi connectivity index (χ2n) is 5.41. The number of nitrogens with zero attached hydrogens (tertiary/aromatic N) is 1. The van der Waals surface area contributed by atoms with E-state index in [0.717, 1.165) is 42.3 Å². The first-order valence-electron chi connectivity index (χ1n) is 6.88. The Balaban J connectivity index is 1.93. The largest absolute Gasteiger partial charge is 0.478 e. The lowest BCUT2D eigenvalue weighted by atomic mass is 9.94. The molecule has 0 radical (unpaired) electrons. The van der Waals surface area contributed by atoms with Gasteiger partial charge in [-0.15, -0.1) is 0 Å². The van der Waals surface area contributed by atoms with Crippen molar-refractivity contribution in [3.63, 3.8) is 0 Å². The van der Waals surface area contributed by atoms with Crippen LogP contribution in [-0.2, 0) is 22.7 Å². The predicted molar refractivity (Wildman–Crippen MR) is 78.2 cm³/mol. The van der Waals surface area contributed by atoms with E-state index in [0.29, 0.717) is 0 Å². The van der Waals surface area contributed by atoms with Crippen LogP contribution in [0.3, 0.4) is 0 Å². The van der Waals surface area contributed by atoms with Gasteiger partial charge in [0.25, 0.3) is 0 Å². The lowest BCUT2D eigenvalue weighted by Gasteiger charge is -2.19. The van der Waals surface area contributed by atoms with Crippen LogP contribution < -0.4 is 5.32 Å². The van der Waals surface area contributed by atoms with E-state index >= 15 is 0 Å². The highest BCUT2D eigenvalue weighted by Crippen LogP contribution is 2.26. The minimum Gasteiger partial charge on any atom is -0.478 e. The third-order valence-corrected chi connectivity index (χ3v) is 5.18. The summed E-state index contributed by atoms with van der Waals surface area (Å²) < 4.78 is 22.8. The van der Waals surface area contributed by atoms with E-state index in [1.165, 1.54) is 6.08 Å². The minimum absolute atomic E-state index is 0.0647. The number of hydrogen-bond donors (Lipinski definition) is 2. The second-order valence-corrected chi connectivity index (χ2v) is 7.34. The van der Waals surface area contributed by atoms with Crippen LogP contribution in [0.2, 0.25) is 0 Å². The molecule has 0 saturated heterocycles. The summed E-state index contributed by atoms with van der Waals surface area (Å²) in [4.78, 5) is 15.8. The summed E-state index contributed by atoms with van der Waals surface area (Å²) in [5, 5.41) is 13.4. The van der Waals surface area contributed by atoms with Crippen LogP contribution in [0.15, 0.2) is 17.6 Å². The smallest absolute Gasteiger partial charge is 0.339 e. The maximum absolute atomic E-state index is 11.4. The van der Waals surface area contributed by atoms with Gasteiger partial charge < -0.3 is 10.4 Å². The Morgan fingerprint density at radius 1 is 1.33 bits per heavy atom. The normalized spacial score (nSPS) is 22.8. The van der Waals surface area contributed by atoms with Gasteiger partial charge in [-0.2, -0.15) is 0 Å². The number of hydrogen-bond acceptors (Lipinski definition) is 5. The lowest BCUT2D eigenvalue weighted by Crippen LogP contribution is -2.24. The molecule has 1 aliphatic heterocycles. The van der Waals surface area contributed by atoms with Gasteiger partial charge in [-0.25, -0.2) is 18.2 Å². The molecule has 2 aliphatic rings. The predicted octanol–water partition coefficient (Wildman–Crippen LogP) is 1.38. The number of carbonyl (C=O) groups is 1. The van der Waals surface area contributed by atoms with Crippen molar-refractivity contribution < 1.29 is 18.3 Å². The number of aryl methyl sites for hydroxylation is 2. The molecular formula is C14H16N2O4S. The van der Waals surface area contributed by atoms with E-state index in [-0.39, 0.29) is 17.1 Å². The first-order valence-corrected chi connectivity index (χ1v) is 8.60. The molecular weight excluding hydrogens is 292 g/mol. The Morgan fingerprint density at radius 2 is 2.10 bits per heavy atom. The van der Waals surface area contributed by atoms with Gasteiger partial charge in [-0.05, 0) is 43.4 Å². The summed E-state index contributed by atoms with van der Waals surface area (Å²) >= 11 is 0. The van der Waals surface area contributed by atoms with Crippen molar-refractivity contribution in [1.82, 2.24) is 4.98 Å². The number of aromatic carboxylic acids is 1. The number of anilines is 1. The van der Waals surface area contributed by atoms with Gasteiger partial charge in [0.2, 0.25) is 0 Å². The first-order chi connectivity index (χ1) is 9.94. The fourth-order valence-electron chi connectivity index (χ4n) is 2.75. The summed E-state index contributed by atoms with van der Waals surface area (Å²) in [7, 11) is -3.18. The molecule has 2 N–H and O–H groups in total. The van der Waals surface area contributed by atoms with Gasteiger partial charge in [0.15, 0.2) is 9.84 Å². The third kappa shape index (κ3) is 2.92. The molecule has 112 valence electrons. The molecule has 0 bridgehead atoms. The molecule has 7 heteroatoms. The number of sulfone groups is 1. The SMILES string of the molecule is O=C(O)c1cc2c(nc1NC1C=CS(=O)(=O)C1)CCCC2. The number of pyridine rings is 1. The van der Waals surface area contributed by atoms with Crippen LogP contribution in [0, 0.1) is 0 Å². The van der Waals surface area contributed by atoms with Crippen molar-refractivity contribution in [1.29, 1.82) is 0 Å². The van der Waals surface area contributed by atoms with Crippen LogP contribution in [-0.4, -0.2) is 36.3 Å². The summed E-state index contributed by atoms with van der Waals surface area (Å²) in [5.74, 6) is -0.858. The van der Waals surface area contributed by atoms with Crippen LogP contribution in [0.4, 0.5) is 5.82 Å². The summed E-state index contributed by atoms with van der Waals surface area (Å²) in [6.07, 6.45) is 5.30. The van der Waals surface area contributed by atoms with Gasteiger partial charge in [-0.1, -0.05) is 0 Å². The first kappa shape index (κ1) is 14.1. The molecule has 21 heavy (non-hydrogen) atoms. The molecule has 1 aromatic rings. The molecule has 0 aromatic carbocycles. The van der Waals surface area contributed by atoms with Gasteiger partial charge in [0, 0.05) is 11.1 Å². The Kier molecular flexibility index (Phi) is 3.44. The number of rotatable bonds is 3. The molecule has 0 spiro atoms. The molecule has 3 rings (SSSR count). The Bertz CT molecular complexity index is 725. The minimum atomic E-state index is -3.18. The van der Waals surface area contributed by atoms with Crippen molar-refractivity contribution in [2.75, 3.05) is 11.1 Å². The molecule has 0 amide bonds. The van der Waals surface area contributed by atoms with Gasteiger partial charge >= 0.3 is 5.97 Å². The molecule has 0 saturated carbocycles. The highest BCUT2D eigenvalue weighted by molar-refractivity contribution is 7.94. The highest BCUT2D eigenvalue weighted by Gasteiger charge is 2.25. The summed E-state index contributed by atoms with van der Waals surface area (Å²) in [6.45, 7) is 0.